The first-order valence-corrected chi connectivity index (χ1v) is 3.93. The third-order valence-corrected chi connectivity index (χ3v) is 1.45. The predicted octanol–water partition coefficient (Wildman–Crippen LogP) is 1.65. The average molecular weight is 165 g/mol. The van der Waals surface area contributed by atoms with Gasteiger partial charge in [0, 0.05) is 18.8 Å². The second-order valence-electron chi connectivity index (χ2n) is 2.86. The van der Waals surface area contributed by atoms with Crippen molar-refractivity contribution in [3.05, 3.63) is 11.7 Å². The van der Waals surface area contributed by atoms with E-state index >= 15 is 0 Å². The molecule has 0 radical (unpaired) electrons. The van der Waals surface area contributed by atoms with Crippen molar-refractivity contribution in [3.63, 3.8) is 0 Å². The molecule has 0 aliphatic heterocycles. The van der Waals surface area contributed by atoms with Crippen LogP contribution in [0.25, 0.3) is 0 Å². The Bertz CT molecular complexity index is 285. The fourth-order valence-electron chi connectivity index (χ4n) is 0.767. The predicted molar refractivity (Wildman–Crippen MR) is 42.3 cm³/mol. The summed E-state index contributed by atoms with van der Waals surface area (Å²) in [4.78, 5) is 4.12. The number of hydrogen-bond acceptors (Lipinski definition) is 4. The Balaban J connectivity index is 2.59. The number of rotatable bonds is 3. The summed E-state index contributed by atoms with van der Waals surface area (Å²) in [5.74, 6) is 1.55. The summed E-state index contributed by atoms with van der Waals surface area (Å²) in [6.45, 7) is 4.00. The maximum absolute atomic E-state index is 8.30. The van der Waals surface area contributed by atoms with Gasteiger partial charge in [-0.05, 0) is 0 Å². The molecule has 0 saturated carbocycles. The zero-order valence-electron chi connectivity index (χ0n) is 7.24. The summed E-state index contributed by atoms with van der Waals surface area (Å²) >= 11 is 0. The minimum Gasteiger partial charge on any atom is -0.339 e. The largest absolute Gasteiger partial charge is 0.339 e. The van der Waals surface area contributed by atoms with Gasteiger partial charge in [-0.2, -0.15) is 10.2 Å². The monoisotopic (exact) mass is 165 g/mol. The zero-order chi connectivity index (χ0) is 8.97. The molecule has 4 nitrogen and oxygen atoms in total. The van der Waals surface area contributed by atoms with E-state index in [2.05, 4.69) is 10.1 Å². The van der Waals surface area contributed by atoms with Gasteiger partial charge >= 0.3 is 0 Å². The molecule has 1 rings (SSSR count). The molecule has 0 amide bonds. The maximum Gasteiger partial charge on any atom is 0.227 e. The molecule has 0 aromatic carbocycles. The highest BCUT2D eigenvalue weighted by Gasteiger charge is 2.08. The topological polar surface area (TPSA) is 62.7 Å². The lowest BCUT2D eigenvalue weighted by atomic mass is 10.2. The van der Waals surface area contributed by atoms with Crippen LogP contribution < -0.4 is 0 Å². The SMILES string of the molecule is CC(C)c1noc(CCC#N)n1. The molecule has 1 aromatic rings. The molecule has 4 heteroatoms. The first kappa shape index (κ1) is 8.72. The number of hydrogen-bond donors (Lipinski definition) is 0. The molecule has 0 aliphatic carbocycles. The van der Waals surface area contributed by atoms with E-state index in [0.29, 0.717) is 24.6 Å². The van der Waals surface area contributed by atoms with E-state index in [1.807, 2.05) is 19.9 Å². The van der Waals surface area contributed by atoms with Crippen molar-refractivity contribution in [3.8, 4) is 6.07 Å². The average Bonchev–Trinajstić information content (AvgIpc) is 2.48. The number of nitriles is 1. The molecule has 64 valence electrons. The molecule has 0 aliphatic rings. The van der Waals surface area contributed by atoms with E-state index in [4.69, 9.17) is 9.78 Å². The number of aromatic nitrogens is 2. The normalized spacial score (nSPS) is 10.2. The molecule has 1 heterocycles. The van der Waals surface area contributed by atoms with Gasteiger partial charge in [0.25, 0.3) is 0 Å². The lowest BCUT2D eigenvalue weighted by molar-refractivity contribution is 0.372. The number of aryl methyl sites for hydroxylation is 1. The standard InChI is InChI=1S/C8H11N3O/c1-6(2)8-10-7(12-11-8)4-3-5-9/h6H,3-4H2,1-2H3. The first-order valence-electron chi connectivity index (χ1n) is 3.93. The van der Waals surface area contributed by atoms with E-state index in [0.717, 1.165) is 0 Å². The molecule has 0 bridgehead atoms. The fourth-order valence-corrected chi connectivity index (χ4v) is 0.767. The van der Waals surface area contributed by atoms with Crippen LogP contribution in [0, 0.1) is 11.3 Å². The summed E-state index contributed by atoms with van der Waals surface area (Å²) in [5.41, 5.74) is 0. The molecule has 0 fully saturated rings. The van der Waals surface area contributed by atoms with Crippen LogP contribution in [-0.2, 0) is 6.42 Å². The van der Waals surface area contributed by atoms with Gasteiger partial charge < -0.3 is 4.52 Å². The van der Waals surface area contributed by atoms with Gasteiger partial charge in [-0.1, -0.05) is 19.0 Å². The minimum absolute atomic E-state index is 0.282. The van der Waals surface area contributed by atoms with Crippen molar-refractivity contribution in [2.75, 3.05) is 0 Å². The van der Waals surface area contributed by atoms with Crippen LogP contribution >= 0.6 is 0 Å². The summed E-state index contributed by atoms with van der Waals surface area (Å²) in [6, 6.07) is 2.03. The molecule has 1 aromatic heterocycles. The van der Waals surface area contributed by atoms with E-state index in [-0.39, 0.29) is 5.92 Å². The smallest absolute Gasteiger partial charge is 0.227 e. The Hall–Kier alpha value is -1.37. The fraction of sp³-hybridized carbons (Fsp3) is 0.625. The molecular weight excluding hydrogens is 154 g/mol. The quantitative estimate of drug-likeness (QED) is 0.683. The third kappa shape index (κ3) is 2.06. The first-order chi connectivity index (χ1) is 5.74. The van der Waals surface area contributed by atoms with Crippen molar-refractivity contribution in [1.29, 1.82) is 5.26 Å². The van der Waals surface area contributed by atoms with Crippen molar-refractivity contribution >= 4 is 0 Å². The van der Waals surface area contributed by atoms with Crippen LogP contribution in [-0.4, -0.2) is 10.1 Å². The zero-order valence-corrected chi connectivity index (χ0v) is 7.24. The summed E-state index contributed by atoms with van der Waals surface area (Å²) in [5, 5.41) is 12.1. The van der Waals surface area contributed by atoms with E-state index < -0.39 is 0 Å². The maximum atomic E-state index is 8.30. The molecule has 0 atom stereocenters. The van der Waals surface area contributed by atoms with Gasteiger partial charge in [-0.3, -0.25) is 0 Å². The lowest BCUT2D eigenvalue weighted by Crippen LogP contribution is -1.90. The van der Waals surface area contributed by atoms with Crippen LogP contribution in [0.1, 0.15) is 37.9 Å². The van der Waals surface area contributed by atoms with Crippen molar-refractivity contribution < 1.29 is 4.52 Å². The van der Waals surface area contributed by atoms with Gasteiger partial charge in [0.05, 0.1) is 6.07 Å². The highest BCUT2D eigenvalue weighted by Crippen LogP contribution is 2.10. The second kappa shape index (κ2) is 3.86. The van der Waals surface area contributed by atoms with Crippen molar-refractivity contribution in [2.24, 2.45) is 0 Å². The van der Waals surface area contributed by atoms with Gasteiger partial charge in [0.2, 0.25) is 5.89 Å². The molecule has 0 N–H and O–H groups in total. The molecule has 0 saturated heterocycles. The summed E-state index contributed by atoms with van der Waals surface area (Å²) in [7, 11) is 0. The van der Waals surface area contributed by atoms with Crippen LogP contribution in [0.3, 0.4) is 0 Å². The van der Waals surface area contributed by atoms with Gasteiger partial charge in [0.15, 0.2) is 5.82 Å². The molecule has 12 heavy (non-hydrogen) atoms. The van der Waals surface area contributed by atoms with E-state index in [1.54, 1.807) is 0 Å². The third-order valence-electron chi connectivity index (χ3n) is 1.45. The minimum atomic E-state index is 0.282. The Morgan fingerprint density at radius 2 is 2.33 bits per heavy atom. The van der Waals surface area contributed by atoms with E-state index in [1.165, 1.54) is 0 Å². The highest BCUT2D eigenvalue weighted by atomic mass is 16.5. The molecule has 0 unspecified atom stereocenters. The highest BCUT2D eigenvalue weighted by molar-refractivity contribution is 4.92. The van der Waals surface area contributed by atoms with Crippen LogP contribution in [0.15, 0.2) is 4.52 Å². The summed E-state index contributed by atoms with van der Waals surface area (Å²) in [6.07, 6.45) is 0.982. The Morgan fingerprint density at radius 1 is 1.58 bits per heavy atom. The molecular formula is C8H11N3O. The molecule has 0 spiro atoms. The van der Waals surface area contributed by atoms with Crippen LogP contribution in [0.2, 0.25) is 0 Å². The van der Waals surface area contributed by atoms with Crippen LogP contribution in [0.5, 0.6) is 0 Å². The Kier molecular flexibility index (Phi) is 2.81. The van der Waals surface area contributed by atoms with Crippen LogP contribution in [0.4, 0.5) is 0 Å². The lowest BCUT2D eigenvalue weighted by Gasteiger charge is -1.91. The van der Waals surface area contributed by atoms with Gasteiger partial charge in [0.1, 0.15) is 0 Å². The Morgan fingerprint density at radius 3 is 2.83 bits per heavy atom. The van der Waals surface area contributed by atoms with Gasteiger partial charge in [-0.15, -0.1) is 0 Å². The van der Waals surface area contributed by atoms with Crippen molar-refractivity contribution in [2.45, 2.75) is 32.6 Å². The van der Waals surface area contributed by atoms with Gasteiger partial charge in [-0.25, -0.2) is 0 Å². The number of nitrogens with zero attached hydrogens (tertiary/aromatic N) is 3. The second-order valence-corrected chi connectivity index (χ2v) is 2.86. The Labute approximate surface area is 71.2 Å². The summed E-state index contributed by atoms with van der Waals surface area (Å²) < 4.78 is 4.92. The van der Waals surface area contributed by atoms with E-state index in [9.17, 15) is 0 Å². The van der Waals surface area contributed by atoms with Crippen molar-refractivity contribution in [1.82, 2.24) is 10.1 Å².